The van der Waals surface area contributed by atoms with Crippen LogP contribution in [-0.2, 0) is 26.0 Å². The molecule has 2 heterocycles. The summed E-state index contributed by atoms with van der Waals surface area (Å²) in [7, 11) is -2.10. The molecule has 2 bridgehead atoms. The Morgan fingerprint density at radius 1 is 1.30 bits per heavy atom. The van der Waals surface area contributed by atoms with Crippen LogP contribution in [0.1, 0.15) is 46.8 Å². The number of benzene rings is 1. The molecule has 0 amide bonds. The van der Waals surface area contributed by atoms with Gasteiger partial charge in [-0.05, 0) is 62.5 Å². The first-order chi connectivity index (χ1) is 12.5. The first kappa shape index (κ1) is 17.4. The van der Waals surface area contributed by atoms with E-state index in [2.05, 4.69) is 26.6 Å². The van der Waals surface area contributed by atoms with Crippen molar-refractivity contribution >= 4 is 20.1 Å². The van der Waals surface area contributed by atoms with E-state index < -0.39 is 19.3 Å². The van der Waals surface area contributed by atoms with Crippen LogP contribution in [0.3, 0.4) is 0 Å². The molecule has 1 aromatic carbocycles. The zero-order valence-electron chi connectivity index (χ0n) is 16.5. The van der Waals surface area contributed by atoms with E-state index in [1.165, 1.54) is 0 Å². The summed E-state index contributed by atoms with van der Waals surface area (Å²) in [6.07, 6.45) is 1.37. The molecular formula is C21H26O5Si. The number of phenolic OH excluding ortho intramolecular Hbond substituents is 1. The minimum atomic E-state index is -2.10. The van der Waals surface area contributed by atoms with E-state index in [1.54, 1.807) is 6.07 Å². The highest BCUT2D eigenvalue weighted by Crippen LogP contribution is 2.71. The first-order valence-corrected chi connectivity index (χ1v) is 13.2. The molecule has 3 fully saturated rings. The van der Waals surface area contributed by atoms with Crippen LogP contribution in [0.5, 0.6) is 5.75 Å². The lowest BCUT2D eigenvalue weighted by Gasteiger charge is -2.65. The van der Waals surface area contributed by atoms with Gasteiger partial charge in [0, 0.05) is 17.9 Å². The van der Waals surface area contributed by atoms with Gasteiger partial charge in [0.2, 0.25) is 0 Å². The van der Waals surface area contributed by atoms with E-state index in [4.69, 9.17) is 9.16 Å². The second-order valence-electron chi connectivity index (χ2n) is 9.85. The van der Waals surface area contributed by atoms with Crippen LogP contribution in [0, 0.1) is 24.2 Å². The van der Waals surface area contributed by atoms with Gasteiger partial charge in [-0.2, -0.15) is 0 Å². The Labute approximate surface area is 160 Å². The van der Waals surface area contributed by atoms with Gasteiger partial charge >= 0.3 is 5.97 Å². The Morgan fingerprint density at radius 3 is 2.63 bits per heavy atom. The summed E-state index contributed by atoms with van der Waals surface area (Å²) in [6, 6.07) is 1.69. The third-order valence-corrected chi connectivity index (χ3v) is 8.24. The van der Waals surface area contributed by atoms with Crippen LogP contribution in [0.4, 0.5) is 0 Å². The number of aryl methyl sites for hydroxylation is 1. The molecular weight excluding hydrogens is 360 g/mol. The van der Waals surface area contributed by atoms with Gasteiger partial charge in [0.05, 0.1) is 5.56 Å². The lowest BCUT2D eigenvalue weighted by atomic mass is 9.47. The van der Waals surface area contributed by atoms with Crippen molar-refractivity contribution in [2.75, 3.05) is 0 Å². The van der Waals surface area contributed by atoms with E-state index in [9.17, 15) is 14.7 Å². The quantitative estimate of drug-likeness (QED) is 0.622. The molecule has 6 heteroatoms. The topological polar surface area (TPSA) is 72.8 Å². The zero-order chi connectivity index (χ0) is 19.5. The average Bonchev–Trinajstić information content (AvgIpc) is 2.85. The van der Waals surface area contributed by atoms with E-state index in [0.29, 0.717) is 5.56 Å². The van der Waals surface area contributed by atoms with Gasteiger partial charge in [-0.25, -0.2) is 0 Å². The van der Waals surface area contributed by atoms with Crippen LogP contribution >= 0.6 is 0 Å². The molecule has 1 spiro atoms. The zero-order valence-corrected chi connectivity index (χ0v) is 17.5. The number of ether oxygens (including phenoxy) is 1. The van der Waals surface area contributed by atoms with Crippen LogP contribution in [-0.4, -0.2) is 31.3 Å². The summed E-state index contributed by atoms with van der Waals surface area (Å²) < 4.78 is 12.8. The third kappa shape index (κ3) is 1.79. The Hall–Kier alpha value is -1.66. The average molecular weight is 387 g/mol. The van der Waals surface area contributed by atoms with E-state index in [-0.39, 0.29) is 41.9 Å². The molecule has 5 nitrogen and oxygen atoms in total. The number of rotatable bonds is 2. The summed E-state index contributed by atoms with van der Waals surface area (Å²) >= 11 is 0. The molecule has 0 aromatic heterocycles. The van der Waals surface area contributed by atoms with Crippen molar-refractivity contribution < 1.29 is 23.9 Å². The van der Waals surface area contributed by atoms with Crippen molar-refractivity contribution in [3.05, 3.63) is 28.3 Å². The number of carbonyl (C=O) groups excluding carboxylic acids is 2. The highest BCUT2D eigenvalue weighted by molar-refractivity contribution is 6.69. The minimum absolute atomic E-state index is 0.00190. The maximum Gasteiger partial charge on any atom is 0.316 e. The number of hydrogen-bond acceptors (Lipinski definition) is 5. The molecule has 27 heavy (non-hydrogen) atoms. The summed E-state index contributed by atoms with van der Waals surface area (Å²) in [5.74, 6) is -0.410. The SMILES string of the molecule is Cc1cc(O)c2c3c1C[C@@H]1[C@@H]4CC(C)[C@@](CC2=O)(C(=O)O4)[C@]31O[Si](C)(C)C. The predicted molar refractivity (Wildman–Crippen MR) is 101 cm³/mol. The standard InChI is InChI=1S/C21H26O5Si/c1-10-6-14(22)17-15(23)9-20-11(2)7-16(25-19(20)24)13-8-12(10)18(17)21(13,20)26-27(3,4)5/h6,11,13,16,22H,7-9H2,1-5H3/t11?,13-,16+,20+,21-/m1/s1. The Bertz CT molecular complexity index is 916. The van der Waals surface area contributed by atoms with Crippen molar-refractivity contribution in [3.63, 3.8) is 0 Å². The molecule has 5 aliphatic rings. The normalized spacial score (nSPS) is 38.8. The van der Waals surface area contributed by atoms with Crippen molar-refractivity contribution in [2.24, 2.45) is 17.3 Å². The van der Waals surface area contributed by atoms with E-state index >= 15 is 0 Å². The van der Waals surface area contributed by atoms with Crippen molar-refractivity contribution in [1.29, 1.82) is 0 Å². The number of aromatic hydroxyl groups is 1. The van der Waals surface area contributed by atoms with Crippen molar-refractivity contribution in [2.45, 2.75) is 64.5 Å². The van der Waals surface area contributed by atoms with Crippen LogP contribution in [0.25, 0.3) is 0 Å². The molecule has 0 radical (unpaired) electrons. The fourth-order valence-corrected chi connectivity index (χ4v) is 7.92. The Kier molecular flexibility index (Phi) is 3.12. The van der Waals surface area contributed by atoms with Gasteiger partial charge in [-0.1, -0.05) is 6.92 Å². The number of ketones is 1. The third-order valence-electron chi connectivity index (χ3n) is 7.30. The van der Waals surface area contributed by atoms with Gasteiger partial charge in [0.1, 0.15) is 22.9 Å². The fraction of sp³-hybridized carbons (Fsp3) is 0.619. The summed E-state index contributed by atoms with van der Waals surface area (Å²) in [5.41, 5.74) is 1.38. The van der Waals surface area contributed by atoms with Gasteiger partial charge < -0.3 is 14.3 Å². The summed E-state index contributed by atoms with van der Waals surface area (Å²) in [5, 5.41) is 10.7. The Balaban J connectivity index is 1.94. The molecule has 1 unspecified atom stereocenters. The van der Waals surface area contributed by atoms with Crippen LogP contribution < -0.4 is 0 Å². The maximum atomic E-state index is 13.3. The van der Waals surface area contributed by atoms with Crippen LogP contribution in [0.2, 0.25) is 19.6 Å². The van der Waals surface area contributed by atoms with Crippen molar-refractivity contribution in [1.82, 2.24) is 0 Å². The molecule has 3 aliphatic carbocycles. The maximum absolute atomic E-state index is 13.3. The van der Waals surface area contributed by atoms with Gasteiger partial charge in [0.25, 0.3) is 0 Å². The van der Waals surface area contributed by atoms with Crippen LogP contribution in [0.15, 0.2) is 6.07 Å². The monoisotopic (exact) mass is 386 g/mol. The van der Waals surface area contributed by atoms with Gasteiger partial charge in [0.15, 0.2) is 14.1 Å². The van der Waals surface area contributed by atoms with E-state index in [0.717, 1.165) is 29.5 Å². The number of Topliss-reactive ketones (excluding diaryl/α,β-unsaturated/α-hetero) is 1. The highest BCUT2D eigenvalue weighted by Gasteiger charge is 2.78. The number of phenols is 1. The Morgan fingerprint density at radius 2 is 2.00 bits per heavy atom. The molecule has 1 aromatic rings. The molecule has 2 saturated heterocycles. The summed E-state index contributed by atoms with van der Waals surface area (Å²) in [6.45, 7) is 10.4. The molecule has 1 saturated carbocycles. The predicted octanol–water partition coefficient (Wildman–Crippen LogP) is 3.46. The second-order valence-corrected chi connectivity index (χ2v) is 14.3. The summed E-state index contributed by atoms with van der Waals surface area (Å²) in [4.78, 5) is 26.5. The molecule has 144 valence electrons. The fourth-order valence-electron chi connectivity index (χ4n) is 6.52. The number of fused-ring (bicyclic) bond motifs is 2. The van der Waals surface area contributed by atoms with Gasteiger partial charge in [-0.15, -0.1) is 0 Å². The first-order valence-electron chi connectivity index (χ1n) is 9.83. The molecule has 2 aliphatic heterocycles. The lowest BCUT2D eigenvalue weighted by Crippen LogP contribution is -2.73. The number of carbonyl (C=O) groups is 2. The lowest BCUT2D eigenvalue weighted by molar-refractivity contribution is -0.264. The van der Waals surface area contributed by atoms with Crippen molar-refractivity contribution in [3.8, 4) is 5.75 Å². The molecule has 5 atom stereocenters. The number of hydrogen-bond donors (Lipinski definition) is 1. The second kappa shape index (κ2) is 4.84. The largest absolute Gasteiger partial charge is 0.507 e. The minimum Gasteiger partial charge on any atom is -0.507 e. The number of esters is 1. The van der Waals surface area contributed by atoms with E-state index in [1.807, 2.05) is 6.92 Å². The molecule has 1 N–H and O–H groups in total. The van der Waals surface area contributed by atoms with Gasteiger partial charge in [-0.3, -0.25) is 9.59 Å². The smallest absolute Gasteiger partial charge is 0.316 e. The highest BCUT2D eigenvalue weighted by atomic mass is 28.4. The molecule has 6 rings (SSSR count).